The molecule has 0 fully saturated rings. The predicted molar refractivity (Wildman–Crippen MR) is 102 cm³/mol. The molecule has 0 saturated carbocycles. The Kier molecular flexibility index (Phi) is 4.22. The summed E-state index contributed by atoms with van der Waals surface area (Å²) in [6.45, 7) is 5.55. The molecule has 9 nitrogen and oxygen atoms in total. The molecule has 0 saturated heterocycles. The summed E-state index contributed by atoms with van der Waals surface area (Å²) in [5, 5.41) is 4.22. The van der Waals surface area contributed by atoms with Gasteiger partial charge in [0.25, 0.3) is 0 Å². The van der Waals surface area contributed by atoms with Crippen LogP contribution in [-0.2, 0) is 9.53 Å². The third-order valence-corrected chi connectivity index (χ3v) is 5.18. The van der Waals surface area contributed by atoms with Gasteiger partial charge in [0.05, 0.1) is 17.1 Å². The largest absolute Gasteiger partial charge is 0.451 e. The van der Waals surface area contributed by atoms with Gasteiger partial charge in [0.1, 0.15) is 12.2 Å². The Balaban J connectivity index is 1.60. The van der Waals surface area contributed by atoms with Crippen LogP contribution in [0.4, 0.5) is 5.95 Å². The third-order valence-electron chi connectivity index (χ3n) is 4.74. The van der Waals surface area contributed by atoms with Gasteiger partial charge in [0.2, 0.25) is 5.95 Å². The first kappa shape index (κ1) is 17.7. The van der Waals surface area contributed by atoms with E-state index in [0.717, 1.165) is 15.7 Å². The van der Waals surface area contributed by atoms with E-state index in [2.05, 4.69) is 41.0 Å². The quantitative estimate of drug-likeness (QED) is 0.635. The molecule has 140 valence electrons. The molecule has 0 spiro atoms. The molecular formula is C17H18BrN7O2. The maximum absolute atomic E-state index is 12.9. The lowest BCUT2D eigenvalue weighted by molar-refractivity contribution is -0.144. The summed E-state index contributed by atoms with van der Waals surface area (Å²) < 4.78 is 8.25. The van der Waals surface area contributed by atoms with E-state index in [0.29, 0.717) is 23.0 Å². The summed E-state index contributed by atoms with van der Waals surface area (Å²) in [5.74, 6) is 0.828. The Morgan fingerprint density at radius 2 is 2.19 bits per heavy atom. The van der Waals surface area contributed by atoms with Crippen molar-refractivity contribution in [2.75, 3.05) is 11.9 Å². The van der Waals surface area contributed by atoms with Crippen molar-refractivity contribution >= 4 is 39.0 Å². The first-order chi connectivity index (χ1) is 12.9. The van der Waals surface area contributed by atoms with Crippen LogP contribution < -0.4 is 4.90 Å². The number of rotatable bonds is 3. The van der Waals surface area contributed by atoms with Crippen LogP contribution in [0.3, 0.4) is 0 Å². The molecule has 10 heteroatoms. The lowest BCUT2D eigenvalue weighted by atomic mass is 10.0. The molecule has 27 heavy (non-hydrogen) atoms. The van der Waals surface area contributed by atoms with Gasteiger partial charge in [-0.2, -0.15) is 10.1 Å². The number of aromatic nitrogens is 6. The van der Waals surface area contributed by atoms with Crippen LogP contribution in [-0.4, -0.2) is 42.7 Å². The zero-order valence-corrected chi connectivity index (χ0v) is 16.9. The summed E-state index contributed by atoms with van der Waals surface area (Å²) in [6, 6.07) is 1.61. The number of fused-ring (bicyclic) bond motifs is 2. The number of nitrogens with one attached hydrogen (secondary N) is 1. The standard InChI is InChI=1S/C17H18BrN7O2/c1-8-13(9(2)25-17(24(8)4)20-7-21-25)16(26)27-10(3)14-22-12-5-11(18)6-19-15(12)23-14/h5-7,9-10H,1-4H3,(H,19,22,23). The molecule has 1 aliphatic rings. The van der Waals surface area contributed by atoms with Gasteiger partial charge in [0, 0.05) is 23.4 Å². The number of nitrogens with zero attached hydrogens (tertiary/aromatic N) is 6. The minimum atomic E-state index is -0.555. The number of halogens is 1. The fourth-order valence-corrected chi connectivity index (χ4v) is 3.53. The SMILES string of the molecule is CC1=C(C(=O)OC(C)c2nc3ncc(Br)cc3[nH]2)C(C)n2ncnc2N1C. The lowest BCUT2D eigenvalue weighted by Gasteiger charge is -2.31. The van der Waals surface area contributed by atoms with Crippen molar-refractivity contribution in [3.05, 3.63) is 40.2 Å². The Morgan fingerprint density at radius 1 is 1.41 bits per heavy atom. The first-order valence-electron chi connectivity index (χ1n) is 8.43. The van der Waals surface area contributed by atoms with Crippen molar-refractivity contribution in [3.8, 4) is 0 Å². The number of hydrogen-bond donors (Lipinski definition) is 1. The summed E-state index contributed by atoms with van der Waals surface area (Å²) in [6.07, 6.45) is 2.60. The van der Waals surface area contributed by atoms with E-state index >= 15 is 0 Å². The number of imidazole rings is 1. The highest BCUT2D eigenvalue weighted by Crippen LogP contribution is 2.33. The lowest BCUT2D eigenvalue weighted by Crippen LogP contribution is -2.33. The summed E-state index contributed by atoms with van der Waals surface area (Å²) in [5.41, 5.74) is 2.68. The summed E-state index contributed by atoms with van der Waals surface area (Å²) >= 11 is 3.38. The number of anilines is 1. The third kappa shape index (κ3) is 2.89. The van der Waals surface area contributed by atoms with E-state index in [1.165, 1.54) is 6.33 Å². The topological polar surface area (TPSA) is 102 Å². The van der Waals surface area contributed by atoms with Gasteiger partial charge in [-0.1, -0.05) is 0 Å². The van der Waals surface area contributed by atoms with Crippen molar-refractivity contribution in [1.82, 2.24) is 29.7 Å². The van der Waals surface area contributed by atoms with Gasteiger partial charge in [-0.25, -0.2) is 19.4 Å². The first-order valence-corrected chi connectivity index (χ1v) is 9.22. The molecule has 1 aliphatic heterocycles. The van der Waals surface area contributed by atoms with Crippen LogP contribution in [0.15, 0.2) is 34.3 Å². The molecule has 0 aliphatic carbocycles. The maximum atomic E-state index is 12.9. The molecule has 4 rings (SSSR count). The fourth-order valence-electron chi connectivity index (χ4n) is 3.20. The summed E-state index contributed by atoms with van der Waals surface area (Å²) in [4.78, 5) is 30.8. The highest BCUT2D eigenvalue weighted by molar-refractivity contribution is 9.10. The highest BCUT2D eigenvalue weighted by atomic mass is 79.9. The van der Waals surface area contributed by atoms with Crippen LogP contribution in [0, 0.1) is 0 Å². The number of H-pyrrole nitrogens is 1. The minimum absolute atomic E-state index is 0.272. The van der Waals surface area contributed by atoms with Crippen molar-refractivity contribution < 1.29 is 9.53 Å². The molecule has 0 radical (unpaired) electrons. The van der Waals surface area contributed by atoms with Crippen molar-refractivity contribution in [3.63, 3.8) is 0 Å². The van der Waals surface area contributed by atoms with Gasteiger partial charge in [-0.15, -0.1) is 0 Å². The van der Waals surface area contributed by atoms with Crippen LogP contribution >= 0.6 is 15.9 Å². The van der Waals surface area contributed by atoms with E-state index in [-0.39, 0.29) is 6.04 Å². The Bertz CT molecular complexity index is 1070. The van der Waals surface area contributed by atoms with E-state index in [1.807, 2.05) is 31.9 Å². The zero-order chi connectivity index (χ0) is 19.3. The zero-order valence-electron chi connectivity index (χ0n) is 15.3. The molecule has 3 aromatic rings. The van der Waals surface area contributed by atoms with Gasteiger partial charge in [-0.3, -0.25) is 0 Å². The number of carbonyl (C=O) groups excluding carboxylic acids is 1. The molecule has 3 aromatic heterocycles. The molecule has 1 N–H and O–H groups in total. The van der Waals surface area contributed by atoms with E-state index < -0.39 is 12.1 Å². The van der Waals surface area contributed by atoms with E-state index in [9.17, 15) is 4.79 Å². The van der Waals surface area contributed by atoms with Crippen molar-refractivity contribution in [2.24, 2.45) is 0 Å². The predicted octanol–water partition coefficient (Wildman–Crippen LogP) is 2.90. The van der Waals surface area contributed by atoms with E-state index in [4.69, 9.17) is 4.74 Å². The molecule has 0 aromatic carbocycles. The number of allylic oxidation sites excluding steroid dienone is 1. The molecule has 4 heterocycles. The van der Waals surface area contributed by atoms with Gasteiger partial charge >= 0.3 is 5.97 Å². The molecule has 2 atom stereocenters. The van der Waals surface area contributed by atoms with Crippen molar-refractivity contribution in [1.29, 1.82) is 0 Å². The molecular weight excluding hydrogens is 414 g/mol. The average molecular weight is 432 g/mol. The highest BCUT2D eigenvalue weighted by Gasteiger charge is 2.33. The average Bonchev–Trinajstić information content (AvgIpc) is 3.26. The van der Waals surface area contributed by atoms with Gasteiger partial charge < -0.3 is 14.6 Å². The number of hydrogen-bond acceptors (Lipinski definition) is 7. The normalized spacial score (nSPS) is 18.0. The van der Waals surface area contributed by atoms with Crippen LogP contribution in [0.1, 0.15) is 38.7 Å². The second kappa shape index (κ2) is 6.45. The second-order valence-corrected chi connectivity index (χ2v) is 7.35. The smallest absolute Gasteiger partial charge is 0.338 e. The Labute approximate surface area is 163 Å². The van der Waals surface area contributed by atoms with Gasteiger partial charge in [0.15, 0.2) is 11.8 Å². The summed E-state index contributed by atoms with van der Waals surface area (Å²) in [7, 11) is 1.85. The maximum Gasteiger partial charge on any atom is 0.338 e. The number of ether oxygens (including phenoxy) is 1. The van der Waals surface area contributed by atoms with Crippen LogP contribution in [0.5, 0.6) is 0 Å². The van der Waals surface area contributed by atoms with Crippen LogP contribution in [0.25, 0.3) is 11.2 Å². The number of pyridine rings is 1. The second-order valence-electron chi connectivity index (χ2n) is 6.43. The number of carbonyl (C=O) groups is 1. The Morgan fingerprint density at radius 3 is 2.96 bits per heavy atom. The fraction of sp³-hybridized carbons (Fsp3) is 0.353. The molecule has 0 bridgehead atoms. The van der Waals surface area contributed by atoms with Crippen molar-refractivity contribution in [2.45, 2.75) is 32.9 Å². The van der Waals surface area contributed by atoms with Crippen LogP contribution in [0.2, 0.25) is 0 Å². The molecule has 2 unspecified atom stereocenters. The number of esters is 1. The number of aromatic amines is 1. The van der Waals surface area contributed by atoms with Gasteiger partial charge in [-0.05, 0) is 42.8 Å². The van der Waals surface area contributed by atoms with E-state index in [1.54, 1.807) is 17.8 Å². The Hall–Kier alpha value is -2.75. The monoisotopic (exact) mass is 431 g/mol. The molecule has 0 amide bonds. The minimum Gasteiger partial charge on any atom is -0.451 e.